The van der Waals surface area contributed by atoms with Crippen molar-refractivity contribution in [2.24, 2.45) is 0 Å². The Balaban J connectivity index is 1.97. The van der Waals surface area contributed by atoms with Crippen LogP contribution in [0.15, 0.2) is 78.9 Å². The van der Waals surface area contributed by atoms with Gasteiger partial charge in [0.05, 0.1) is 18.9 Å². The Morgan fingerprint density at radius 2 is 1.21 bits per heavy atom. The number of hydrogen-bond acceptors (Lipinski definition) is 3. The largest absolute Gasteiger partial charge is 0.388 e. The number of nitrogens with one attached hydrogen (secondary N) is 1. The summed E-state index contributed by atoms with van der Waals surface area (Å²) < 4.78 is 12.1. The molecular weight excluding hydrogens is 365 g/mol. The summed E-state index contributed by atoms with van der Waals surface area (Å²) in [5.74, 6) is 0. The Hall–Kier alpha value is -2.19. The average molecular weight is 393 g/mol. The molecule has 0 radical (unpaired) electrons. The van der Waals surface area contributed by atoms with Gasteiger partial charge in [-0.1, -0.05) is 66.7 Å². The van der Waals surface area contributed by atoms with E-state index in [1.165, 1.54) is 22.3 Å². The van der Waals surface area contributed by atoms with E-state index in [4.69, 9.17) is 9.05 Å². The first-order chi connectivity index (χ1) is 13.8. The quantitative estimate of drug-likeness (QED) is 0.402. The van der Waals surface area contributed by atoms with Crippen LogP contribution in [0.25, 0.3) is 11.1 Å². The molecule has 0 aliphatic carbocycles. The number of rotatable bonds is 9. The molecule has 0 amide bonds. The summed E-state index contributed by atoms with van der Waals surface area (Å²) in [7, 11) is 0.858. The molecule has 1 N–H and O–H groups in total. The molecule has 1 atom stereocenters. The minimum absolute atomic E-state index is 0.0747. The average Bonchev–Trinajstić information content (AvgIpc) is 2.76. The van der Waals surface area contributed by atoms with Gasteiger partial charge >= 0.3 is 0 Å². The predicted molar refractivity (Wildman–Crippen MR) is 120 cm³/mol. The van der Waals surface area contributed by atoms with Crippen LogP contribution in [0.1, 0.15) is 30.6 Å². The summed E-state index contributed by atoms with van der Waals surface area (Å²) in [5, 5.41) is 3.18. The van der Waals surface area contributed by atoms with Gasteiger partial charge < -0.3 is 14.4 Å². The van der Waals surface area contributed by atoms with Crippen molar-refractivity contribution in [2.75, 3.05) is 25.6 Å². The Morgan fingerprint density at radius 3 is 1.71 bits per heavy atom. The van der Waals surface area contributed by atoms with E-state index in [0.717, 1.165) is 5.69 Å². The molecule has 28 heavy (non-hydrogen) atoms. The monoisotopic (exact) mass is 393 g/mol. The zero-order valence-electron chi connectivity index (χ0n) is 16.8. The van der Waals surface area contributed by atoms with Gasteiger partial charge in [-0.25, -0.2) is 0 Å². The van der Waals surface area contributed by atoms with Crippen molar-refractivity contribution in [1.82, 2.24) is 0 Å². The smallest absolute Gasteiger partial charge is 0.183 e. The Morgan fingerprint density at radius 1 is 0.714 bits per heavy atom. The molecule has 0 saturated carbocycles. The van der Waals surface area contributed by atoms with Crippen LogP contribution in [0, 0.1) is 0 Å². The molecule has 0 aromatic heterocycles. The van der Waals surface area contributed by atoms with Gasteiger partial charge in [0.25, 0.3) is 0 Å². The van der Waals surface area contributed by atoms with E-state index in [2.05, 4.69) is 78.1 Å². The first kappa shape index (κ1) is 20.5. The maximum absolute atomic E-state index is 6.05. The molecule has 0 aliphatic heterocycles. The Kier molecular flexibility index (Phi) is 7.62. The van der Waals surface area contributed by atoms with Gasteiger partial charge in [0, 0.05) is 12.7 Å². The first-order valence-electron chi connectivity index (χ1n) is 9.75. The fraction of sp³-hybridized carbons (Fsp3) is 0.250. The van der Waals surface area contributed by atoms with Gasteiger partial charge in [-0.3, -0.25) is 0 Å². The zero-order valence-corrected chi connectivity index (χ0v) is 17.7. The molecule has 0 fully saturated rings. The van der Waals surface area contributed by atoms with E-state index in [1.54, 1.807) is 0 Å². The van der Waals surface area contributed by atoms with E-state index < -0.39 is 8.38 Å². The Bertz CT molecular complexity index is 829. The summed E-state index contributed by atoms with van der Waals surface area (Å²) in [6, 6.07) is 27.8. The highest BCUT2D eigenvalue weighted by Crippen LogP contribution is 2.56. The van der Waals surface area contributed by atoms with E-state index in [1.807, 2.05) is 27.0 Å². The molecule has 3 nitrogen and oxygen atoms in total. The maximum Gasteiger partial charge on any atom is 0.183 e. The standard InChI is InChI=1S/C24H28NO2P/c1-4-26-28(27-5-2)24(22-15-17-23(25-3)18-16-22)21-13-11-20(12-14-21)19-9-7-6-8-10-19/h6-18,24-25H,4-5H2,1-3H3. The molecule has 4 heteroatoms. The molecule has 0 aliphatic rings. The minimum atomic E-state index is -1.08. The van der Waals surface area contributed by atoms with Crippen LogP contribution >= 0.6 is 8.38 Å². The first-order valence-corrected chi connectivity index (χ1v) is 11.0. The lowest BCUT2D eigenvalue weighted by Crippen LogP contribution is -2.05. The van der Waals surface area contributed by atoms with E-state index in [0.29, 0.717) is 13.2 Å². The molecule has 0 saturated heterocycles. The fourth-order valence-electron chi connectivity index (χ4n) is 3.20. The van der Waals surface area contributed by atoms with Crippen LogP contribution in [-0.2, 0) is 9.05 Å². The van der Waals surface area contributed by atoms with Crippen LogP contribution in [0.5, 0.6) is 0 Å². The van der Waals surface area contributed by atoms with Gasteiger partial charge in [-0.05, 0) is 48.2 Å². The number of anilines is 1. The van der Waals surface area contributed by atoms with Gasteiger partial charge in [0.15, 0.2) is 8.38 Å². The van der Waals surface area contributed by atoms with Crippen molar-refractivity contribution in [3.63, 3.8) is 0 Å². The van der Waals surface area contributed by atoms with Crippen LogP contribution in [0.3, 0.4) is 0 Å². The normalized spacial score (nSPS) is 12.1. The highest BCUT2D eigenvalue weighted by molar-refractivity contribution is 7.48. The van der Waals surface area contributed by atoms with Crippen LogP contribution in [0.2, 0.25) is 0 Å². The molecule has 3 rings (SSSR count). The van der Waals surface area contributed by atoms with E-state index in [-0.39, 0.29) is 5.66 Å². The highest BCUT2D eigenvalue weighted by atomic mass is 31.2. The topological polar surface area (TPSA) is 30.5 Å². The Labute approximate surface area is 169 Å². The zero-order chi connectivity index (χ0) is 19.8. The molecule has 0 spiro atoms. The van der Waals surface area contributed by atoms with Crippen LogP contribution < -0.4 is 5.32 Å². The fourth-order valence-corrected chi connectivity index (χ4v) is 4.91. The van der Waals surface area contributed by atoms with Crippen molar-refractivity contribution in [3.05, 3.63) is 90.0 Å². The predicted octanol–water partition coefficient (Wildman–Crippen LogP) is 6.87. The van der Waals surface area contributed by atoms with Crippen LogP contribution in [0.4, 0.5) is 5.69 Å². The van der Waals surface area contributed by atoms with Crippen molar-refractivity contribution in [3.8, 4) is 11.1 Å². The molecular formula is C24H28NO2P. The third-order valence-corrected chi connectivity index (χ3v) is 6.62. The maximum atomic E-state index is 6.05. The highest BCUT2D eigenvalue weighted by Gasteiger charge is 2.27. The van der Waals surface area contributed by atoms with E-state index >= 15 is 0 Å². The van der Waals surface area contributed by atoms with Gasteiger partial charge in [0.1, 0.15) is 0 Å². The van der Waals surface area contributed by atoms with E-state index in [9.17, 15) is 0 Å². The summed E-state index contributed by atoms with van der Waals surface area (Å²) in [4.78, 5) is 0. The minimum Gasteiger partial charge on any atom is -0.388 e. The molecule has 146 valence electrons. The lowest BCUT2D eigenvalue weighted by Gasteiger charge is -2.27. The lowest BCUT2D eigenvalue weighted by molar-refractivity contribution is 0.265. The summed E-state index contributed by atoms with van der Waals surface area (Å²) in [6.45, 7) is 5.32. The second-order valence-electron chi connectivity index (χ2n) is 6.38. The van der Waals surface area contributed by atoms with Crippen molar-refractivity contribution < 1.29 is 9.05 Å². The third-order valence-electron chi connectivity index (χ3n) is 4.57. The number of hydrogen-bond donors (Lipinski definition) is 1. The summed E-state index contributed by atoms with van der Waals surface area (Å²) in [6.07, 6.45) is 0. The van der Waals surface area contributed by atoms with Crippen molar-refractivity contribution >= 4 is 14.1 Å². The van der Waals surface area contributed by atoms with Gasteiger partial charge in [-0.2, -0.15) is 0 Å². The second kappa shape index (κ2) is 10.4. The van der Waals surface area contributed by atoms with Gasteiger partial charge in [0.2, 0.25) is 0 Å². The summed E-state index contributed by atoms with van der Waals surface area (Å²) in [5.41, 5.74) is 6.03. The van der Waals surface area contributed by atoms with Crippen LogP contribution in [-0.4, -0.2) is 20.3 Å². The SMILES string of the molecule is CCOP(OCC)C(c1ccc(NC)cc1)c1ccc(-c2ccccc2)cc1. The summed E-state index contributed by atoms with van der Waals surface area (Å²) >= 11 is 0. The third kappa shape index (κ3) is 4.99. The number of benzene rings is 3. The second-order valence-corrected chi connectivity index (χ2v) is 7.99. The molecule has 1 unspecified atom stereocenters. The molecule has 3 aromatic rings. The lowest BCUT2D eigenvalue weighted by atomic mass is 10.00. The molecule has 0 bridgehead atoms. The molecule has 0 heterocycles. The van der Waals surface area contributed by atoms with Crippen molar-refractivity contribution in [2.45, 2.75) is 19.5 Å². The van der Waals surface area contributed by atoms with Gasteiger partial charge in [-0.15, -0.1) is 0 Å². The van der Waals surface area contributed by atoms with Crippen molar-refractivity contribution in [1.29, 1.82) is 0 Å². The molecule has 3 aromatic carbocycles.